The van der Waals surface area contributed by atoms with Gasteiger partial charge in [0.05, 0.1) is 4.91 Å². The molecule has 58 valence electrons. The van der Waals surface area contributed by atoms with Crippen molar-refractivity contribution in [2.45, 2.75) is 13.3 Å². The molecule has 1 fully saturated rings. The summed E-state index contributed by atoms with van der Waals surface area (Å²) in [5.74, 6) is 0.0295. The Kier molecular flexibility index (Phi) is 2.73. The number of hydrogen-bond acceptors (Lipinski definition) is 3. The fraction of sp³-hybridized carbons (Fsp3) is 0.333. The van der Waals surface area contributed by atoms with E-state index in [-0.39, 0.29) is 5.91 Å². The average Bonchev–Trinajstić information content (AvgIpc) is 2.19. The van der Waals surface area contributed by atoms with E-state index in [0.29, 0.717) is 4.32 Å². The quantitative estimate of drug-likeness (QED) is 0.340. The first-order chi connectivity index (χ1) is 5.16. The molecule has 1 aliphatic heterocycles. The third kappa shape index (κ3) is 1.65. The van der Waals surface area contributed by atoms with Crippen molar-refractivity contribution < 1.29 is 4.79 Å². The third-order valence-electron chi connectivity index (χ3n) is 1.38. The Labute approximate surface area is 76.4 Å². The molecule has 1 heterocycles. The molecule has 0 aromatic rings. The summed E-state index contributed by atoms with van der Waals surface area (Å²) in [6, 6.07) is 0. The summed E-state index contributed by atoms with van der Waals surface area (Å²) in [5.41, 5.74) is 0. The zero-order valence-electron chi connectivity index (χ0n) is 6.46. The van der Waals surface area contributed by atoms with E-state index in [1.54, 1.807) is 7.98 Å². The predicted octanol–water partition coefficient (Wildman–Crippen LogP) is 0.689. The van der Waals surface area contributed by atoms with Crippen molar-refractivity contribution in [2.24, 2.45) is 0 Å². The second kappa shape index (κ2) is 3.41. The van der Waals surface area contributed by atoms with Gasteiger partial charge < -0.3 is 4.81 Å². The Morgan fingerprint density at radius 1 is 1.82 bits per heavy atom. The highest BCUT2D eigenvalue weighted by Crippen LogP contribution is 2.29. The highest BCUT2D eigenvalue weighted by molar-refractivity contribution is 8.26. The Hall–Kier alpha value is -0.285. The average molecular weight is 185 g/mol. The van der Waals surface area contributed by atoms with E-state index in [1.807, 2.05) is 13.0 Å². The summed E-state index contributed by atoms with van der Waals surface area (Å²) in [7, 11) is 1.70. The van der Waals surface area contributed by atoms with Crippen LogP contribution < -0.4 is 0 Å². The molecule has 0 bridgehead atoms. The van der Waals surface area contributed by atoms with Crippen LogP contribution in [-0.4, -0.2) is 23.0 Å². The van der Waals surface area contributed by atoms with Gasteiger partial charge in [0.25, 0.3) is 5.91 Å². The number of nitrogens with zero attached hydrogens (tertiary/aromatic N) is 1. The summed E-state index contributed by atoms with van der Waals surface area (Å²) in [5, 5.41) is 0. The molecule has 0 aromatic carbocycles. The minimum atomic E-state index is 0.0295. The normalized spacial score (nSPS) is 21.9. The zero-order chi connectivity index (χ0) is 8.43. The summed E-state index contributed by atoms with van der Waals surface area (Å²) < 4.78 is 0.648. The number of allylic oxidation sites excluding steroid dienone is 1. The van der Waals surface area contributed by atoms with Crippen molar-refractivity contribution in [3.05, 3.63) is 11.0 Å². The van der Waals surface area contributed by atoms with E-state index < -0.39 is 0 Å². The summed E-state index contributed by atoms with van der Waals surface area (Å²) in [4.78, 5) is 13.5. The zero-order valence-corrected chi connectivity index (χ0v) is 8.09. The van der Waals surface area contributed by atoms with Gasteiger partial charge in [-0.05, 0) is 6.42 Å². The SMILES string of the molecule is BN1C(=O)/C(=C\CC)SC1=S. The van der Waals surface area contributed by atoms with Crippen molar-refractivity contribution in [3.63, 3.8) is 0 Å². The number of carbonyl (C=O) groups is 1. The van der Waals surface area contributed by atoms with Crippen LogP contribution in [0.25, 0.3) is 0 Å². The second-order valence-corrected chi connectivity index (χ2v) is 3.88. The first-order valence-electron chi connectivity index (χ1n) is 3.36. The third-order valence-corrected chi connectivity index (χ3v) is 2.91. The maximum absolute atomic E-state index is 11.3. The number of rotatable bonds is 1. The molecule has 0 atom stereocenters. The fourth-order valence-electron chi connectivity index (χ4n) is 0.769. The van der Waals surface area contributed by atoms with Crippen LogP contribution in [0.3, 0.4) is 0 Å². The monoisotopic (exact) mass is 185 g/mol. The molecule has 0 N–H and O–H groups in total. The molecule has 5 heteroatoms. The maximum Gasteiger partial charge on any atom is 0.253 e. The Balaban J connectivity index is 2.83. The molecular formula is C6H8BNOS2. The van der Waals surface area contributed by atoms with Gasteiger partial charge in [-0.3, -0.25) is 4.79 Å². The van der Waals surface area contributed by atoms with E-state index in [0.717, 1.165) is 11.3 Å². The minimum Gasteiger partial charge on any atom is -0.346 e. The summed E-state index contributed by atoms with van der Waals surface area (Å²) >= 11 is 6.31. The molecule has 0 spiro atoms. The van der Waals surface area contributed by atoms with Crippen LogP contribution in [0.1, 0.15) is 13.3 Å². The van der Waals surface area contributed by atoms with E-state index >= 15 is 0 Å². The van der Waals surface area contributed by atoms with Gasteiger partial charge >= 0.3 is 0 Å². The van der Waals surface area contributed by atoms with Crippen molar-refractivity contribution in [1.82, 2.24) is 4.81 Å². The molecule has 1 saturated heterocycles. The van der Waals surface area contributed by atoms with Crippen LogP contribution in [0.5, 0.6) is 0 Å². The Morgan fingerprint density at radius 3 is 2.82 bits per heavy atom. The maximum atomic E-state index is 11.3. The molecule has 0 aromatic heterocycles. The molecule has 0 radical (unpaired) electrons. The van der Waals surface area contributed by atoms with Crippen LogP contribution in [-0.2, 0) is 4.79 Å². The highest BCUT2D eigenvalue weighted by atomic mass is 32.2. The molecule has 1 aliphatic rings. The predicted molar refractivity (Wildman–Crippen MR) is 54.0 cm³/mol. The fourth-order valence-corrected chi connectivity index (χ4v) is 2.00. The van der Waals surface area contributed by atoms with Crippen molar-refractivity contribution in [1.29, 1.82) is 0 Å². The van der Waals surface area contributed by atoms with Crippen LogP contribution in [0.15, 0.2) is 11.0 Å². The molecule has 1 amide bonds. The van der Waals surface area contributed by atoms with Gasteiger partial charge in [-0.1, -0.05) is 37.0 Å². The van der Waals surface area contributed by atoms with Crippen LogP contribution >= 0.6 is 24.0 Å². The van der Waals surface area contributed by atoms with Gasteiger partial charge in [0.2, 0.25) is 7.98 Å². The van der Waals surface area contributed by atoms with Gasteiger partial charge in [0, 0.05) is 0 Å². The first kappa shape index (κ1) is 8.81. The second-order valence-electron chi connectivity index (χ2n) is 2.21. The number of hydrogen-bond donors (Lipinski definition) is 0. The largest absolute Gasteiger partial charge is 0.346 e. The van der Waals surface area contributed by atoms with Crippen molar-refractivity contribution in [3.8, 4) is 0 Å². The Bertz CT molecular complexity index is 239. The number of thiocarbonyl (C=S) groups is 1. The lowest BCUT2D eigenvalue weighted by atomic mass is 10.3. The highest BCUT2D eigenvalue weighted by Gasteiger charge is 2.27. The van der Waals surface area contributed by atoms with E-state index in [2.05, 4.69) is 0 Å². The summed E-state index contributed by atoms with van der Waals surface area (Å²) in [6.07, 6.45) is 2.79. The van der Waals surface area contributed by atoms with Gasteiger partial charge in [0.1, 0.15) is 4.32 Å². The first-order valence-corrected chi connectivity index (χ1v) is 4.59. The number of carbonyl (C=O) groups excluding carboxylic acids is 1. The summed E-state index contributed by atoms with van der Waals surface area (Å²) in [6.45, 7) is 2.00. The van der Waals surface area contributed by atoms with Crippen LogP contribution in [0.2, 0.25) is 0 Å². The van der Waals surface area contributed by atoms with Crippen molar-refractivity contribution in [2.75, 3.05) is 0 Å². The smallest absolute Gasteiger partial charge is 0.253 e. The van der Waals surface area contributed by atoms with Crippen molar-refractivity contribution >= 4 is 42.2 Å². The number of thioether (sulfide) groups is 1. The topological polar surface area (TPSA) is 20.3 Å². The molecule has 1 rings (SSSR count). The van der Waals surface area contributed by atoms with Gasteiger partial charge in [-0.2, -0.15) is 0 Å². The van der Waals surface area contributed by atoms with Gasteiger partial charge in [0.15, 0.2) is 0 Å². The van der Waals surface area contributed by atoms with E-state index in [9.17, 15) is 4.79 Å². The molecule has 0 unspecified atom stereocenters. The molecule has 2 nitrogen and oxygen atoms in total. The van der Waals surface area contributed by atoms with Crippen LogP contribution in [0, 0.1) is 0 Å². The Morgan fingerprint density at radius 2 is 2.45 bits per heavy atom. The van der Waals surface area contributed by atoms with Gasteiger partial charge in [-0.25, -0.2) is 0 Å². The van der Waals surface area contributed by atoms with E-state index in [4.69, 9.17) is 12.2 Å². The van der Waals surface area contributed by atoms with E-state index in [1.165, 1.54) is 16.6 Å². The van der Waals surface area contributed by atoms with Crippen LogP contribution in [0.4, 0.5) is 0 Å². The molecule has 11 heavy (non-hydrogen) atoms. The lowest BCUT2D eigenvalue weighted by Gasteiger charge is -2.03. The molecule has 0 aliphatic carbocycles. The van der Waals surface area contributed by atoms with Gasteiger partial charge in [-0.15, -0.1) is 0 Å². The standard InChI is InChI=1S/C6H8BNOS2/c1-2-3-4-5(9)8(7)6(10)11-4/h3H,2,7H2,1H3/b4-3+. The minimum absolute atomic E-state index is 0.0295. The number of amides is 1. The lowest BCUT2D eigenvalue weighted by molar-refractivity contribution is -0.119. The lowest BCUT2D eigenvalue weighted by Crippen LogP contribution is -2.24. The molecular weight excluding hydrogens is 177 g/mol. The molecule has 0 saturated carbocycles.